The van der Waals surface area contributed by atoms with E-state index in [1.807, 2.05) is 83.9 Å². The number of fused-ring (bicyclic) bond motifs is 6. The van der Waals surface area contributed by atoms with Crippen molar-refractivity contribution >= 4 is 34.4 Å². The number of imide groups is 1. The van der Waals surface area contributed by atoms with Crippen molar-refractivity contribution in [2.75, 3.05) is 4.90 Å². The number of carbonyl (C=O) groups is 2. The van der Waals surface area contributed by atoms with E-state index in [1.165, 1.54) is 4.90 Å². The Balaban J connectivity index is 1.52. The van der Waals surface area contributed by atoms with Gasteiger partial charge in [-0.2, -0.15) is 5.26 Å². The molecule has 0 unspecified atom stereocenters. The number of hydrogen-bond acceptors (Lipinski definition) is 4. The summed E-state index contributed by atoms with van der Waals surface area (Å²) < 4.78 is 0. The molecule has 2 amide bonds. The van der Waals surface area contributed by atoms with E-state index >= 15 is 0 Å². The smallest absolute Gasteiger partial charge is 0.240 e. The molecule has 4 atom stereocenters. The lowest BCUT2D eigenvalue weighted by atomic mass is 9.85. The largest absolute Gasteiger partial charge is 0.353 e. The van der Waals surface area contributed by atoms with E-state index < -0.39 is 17.9 Å². The first-order valence-electron chi connectivity index (χ1n) is 10.0. The topological polar surface area (TPSA) is 64.4 Å². The predicted molar refractivity (Wildman–Crippen MR) is 113 cm³/mol. The Morgan fingerprint density at radius 3 is 2.43 bits per heavy atom. The molecule has 3 heterocycles. The van der Waals surface area contributed by atoms with Gasteiger partial charge in [-0.1, -0.05) is 60.7 Å². The van der Waals surface area contributed by atoms with E-state index in [2.05, 4.69) is 6.07 Å². The molecular weight excluding hydrogens is 374 g/mol. The molecular formula is C25H17N3O2. The van der Waals surface area contributed by atoms with Crippen molar-refractivity contribution in [1.29, 1.82) is 5.26 Å². The van der Waals surface area contributed by atoms with Crippen LogP contribution in [-0.4, -0.2) is 22.8 Å². The van der Waals surface area contributed by atoms with Gasteiger partial charge in [0.1, 0.15) is 6.04 Å². The molecule has 5 nitrogen and oxygen atoms in total. The normalized spacial score (nSPS) is 26.5. The molecule has 5 heteroatoms. The Bertz CT molecular complexity index is 1300. The summed E-state index contributed by atoms with van der Waals surface area (Å²) in [5.74, 6) is -1.76. The maximum absolute atomic E-state index is 13.7. The van der Waals surface area contributed by atoms with Gasteiger partial charge >= 0.3 is 0 Å². The number of carbonyl (C=O) groups excluding carboxylic acids is 2. The van der Waals surface area contributed by atoms with E-state index in [1.54, 1.807) is 0 Å². The Kier molecular flexibility index (Phi) is 3.42. The van der Waals surface area contributed by atoms with Crippen LogP contribution in [0, 0.1) is 23.2 Å². The van der Waals surface area contributed by atoms with Gasteiger partial charge in [0.2, 0.25) is 11.8 Å². The summed E-state index contributed by atoms with van der Waals surface area (Å²) in [4.78, 5) is 30.5. The maximum Gasteiger partial charge on any atom is 0.240 e. The molecule has 0 bridgehead atoms. The van der Waals surface area contributed by atoms with Crippen LogP contribution in [0.3, 0.4) is 0 Å². The number of benzene rings is 3. The van der Waals surface area contributed by atoms with E-state index in [0.29, 0.717) is 5.69 Å². The van der Waals surface area contributed by atoms with Crippen molar-refractivity contribution in [2.45, 2.75) is 12.1 Å². The number of anilines is 1. The lowest BCUT2D eigenvalue weighted by Gasteiger charge is -2.33. The number of nitriles is 1. The Morgan fingerprint density at radius 2 is 1.57 bits per heavy atom. The van der Waals surface area contributed by atoms with Gasteiger partial charge < -0.3 is 4.90 Å². The molecule has 0 aromatic heterocycles. The van der Waals surface area contributed by atoms with Crippen LogP contribution in [0.4, 0.5) is 5.69 Å². The molecule has 2 fully saturated rings. The van der Waals surface area contributed by atoms with Crippen LogP contribution in [0.5, 0.6) is 0 Å². The quantitative estimate of drug-likeness (QED) is 0.591. The first-order chi connectivity index (χ1) is 14.7. The standard InChI is InChI=1S/C25H17N3O2/c26-14-20-21-22(23-18-10-4-2-7-16(18)12-13-27(20)23)25(30)28(24(21)29)19-11-5-8-15-6-1-3-9-17(15)19/h1-13,20-23H/t20-,21+,22+,23-/m0/s1. The number of nitrogens with zero attached hydrogens (tertiary/aromatic N) is 3. The zero-order chi connectivity index (χ0) is 20.4. The van der Waals surface area contributed by atoms with Gasteiger partial charge in [0, 0.05) is 11.6 Å². The second-order valence-electron chi connectivity index (χ2n) is 7.97. The average molecular weight is 391 g/mol. The van der Waals surface area contributed by atoms with E-state index in [-0.39, 0.29) is 17.9 Å². The lowest BCUT2D eigenvalue weighted by molar-refractivity contribution is -0.123. The summed E-state index contributed by atoms with van der Waals surface area (Å²) in [6.07, 6.45) is 3.82. The van der Waals surface area contributed by atoms with Crippen molar-refractivity contribution in [3.63, 3.8) is 0 Å². The maximum atomic E-state index is 13.7. The zero-order valence-electron chi connectivity index (χ0n) is 16.0. The van der Waals surface area contributed by atoms with Crippen LogP contribution < -0.4 is 4.90 Å². The molecule has 2 saturated heterocycles. The monoisotopic (exact) mass is 391 g/mol. The summed E-state index contributed by atoms with van der Waals surface area (Å²) in [7, 11) is 0. The number of hydrogen-bond donors (Lipinski definition) is 0. The van der Waals surface area contributed by atoms with Gasteiger partial charge in [-0.05, 0) is 28.7 Å². The molecule has 3 aliphatic heterocycles. The average Bonchev–Trinajstić information content (AvgIpc) is 3.26. The van der Waals surface area contributed by atoms with Gasteiger partial charge in [0.15, 0.2) is 0 Å². The molecule has 3 aromatic carbocycles. The summed E-state index contributed by atoms with van der Waals surface area (Å²) >= 11 is 0. The third-order valence-electron chi connectivity index (χ3n) is 6.60. The molecule has 30 heavy (non-hydrogen) atoms. The van der Waals surface area contributed by atoms with Crippen molar-refractivity contribution in [3.8, 4) is 6.07 Å². The first kappa shape index (κ1) is 17.0. The van der Waals surface area contributed by atoms with Crippen molar-refractivity contribution in [3.05, 3.63) is 84.1 Å². The number of amides is 2. The second kappa shape index (κ2) is 6.04. The highest BCUT2D eigenvalue weighted by molar-refractivity contribution is 6.25. The fourth-order valence-corrected chi connectivity index (χ4v) is 5.35. The van der Waals surface area contributed by atoms with Crippen LogP contribution in [0.2, 0.25) is 0 Å². The van der Waals surface area contributed by atoms with E-state index in [4.69, 9.17) is 0 Å². The highest BCUT2D eigenvalue weighted by Gasteiger charge is 2.63. The fourth-order valence-electron chi connectivity index (χ4n) is 5.35. The highest BCUT2D eigenvalue weighted by atomic mass is 16.2. The third kappa shape index (κ3) is 2.05. The Labute approximate surface area is 173 Å². The van der Waals surface area contributed by atoms with Crippen LogP contribution in [0.25, 0.3) is 16.8 Å². The van der Waals surface area contributed by atoms with Crippen LogP contribution >= 0.6 is 0 Å². The minimum atomic E-state index is -0.678. The van der Waals surface area contributed by atoms with Crippen molar-refractivity contribution in [2.24, 2.45) is 11.8 Å². The van der Waals surface area contributed by atoms with Gasteiger partial charge in [-0.25, -0.2) is 4.90 Å². The second-order valence-corrected chi connectivity index (χ2v) is 7.97. The van der Waals surface area contributed by atoms with Crippen molar-refractivity contribution < 1.29 is 9.59 Å². The SMILES string of the molecule is N#C[C@H]1[C@H]2C(=O)N(c3cccc4ccccc34)C(=O)[C@H]2[C@@H]2c3ccccc3C=CN12. The van der Waals surface area contributed by atoms with Crippen LogP contribution in [-0.2, 0) is 9.59 Å². The molecule has 0 aliphatic carbocycles. The molecule has 144 valence electrons. The third-order valence-corrected chi connectivity index (χ3v) is 6.60. The molecule has 0 saturated carbocycles. The minimum Gasteiger partial charge on any atom is -0.353 e. The van der Waals surface area contributed by atoms with E-state index in [0.717, 1.165) is 21.9 Å². The Morgan fingerprint density at radius 1 is 0.833 bits per heavy atom. The molecule has 6 rings (SSSR count). The molecule has 3 aliphatic rings. The Hall–Kier alpha value is -3.91. The highest BCUT2D eigenvalue weighted by Crippen LogP contribution is 2.53. The molecule has 0 radical (unpaired) electrons. The van der Waals surface area contributed by atoms with Gasteiger partial charge in [-0.3, -0.25) is 9.59 Å². The summed E-state index contributed by atoms with van der Waals surface area (Å²) in [5.41, 5.74) is 2.62. The van der Waals surface area contributed by atoms with Crippen molar-refractivity contribution in [1.82, 2.24) is 4.90 Å². The summed E-state index contributed by atoms with van der Waals surface area (Å²) in [5, 5.41) is 11.8. The molecule has 0 spiro atoms. The lowest BCUT2D eigenvalue weighted by Crippen LogP contribution is -2.40. The van der Waals surface area contributed by atoms with Gasteiger partial charge in [-0.15, -0.1) is 0 Å². The summed E-state index contributed by atoms with van der Waals surface area (Å²) in [6.45, 7) is 0. The summed E-state index contributed by atoms with van der Waals surface area (Å²) in [6, 6.07) is 22.6. The first-order valence-corrected chi connectivity index (χ1v) is 10.0. The fraction of sp³-hybridized carbons (Fsp3) is 0.160. The molecule has 0 N–H and O–H groups in total. The zero-order valence-corrected chi connectivity index (χ0v) is 16.0. The predicted octanol–water partition coefficient (Wildman–Crippen LogP) is 3.88. The van der Waals surface area contributed by atoms with Crippen LogP contribution in [0.1, 0.15) is 17.2 Å². The van der Waals surface area contributed by atoms with E-state index in [9.17, 15) is 14.9 Å². The minimum absolute atomic E-state index is 0.223. The number of rotatable bonds is 1. The molecule has 3 aromatic rings. The van der Waals surface area contributed by atoms with Crippen LogP contribution in [0.15, 0.2) is 72.9 Å². The van der Waals surface area contributed by atoms with Gasteiger partial charge in [0.25, 0.3) is 0 Å². The van der Waals surface area contributed by atoms with Gasteiger partial charge in [0.05, 0.1) is 29.6 Å².